The standard InChI is InChI=1S/C9H17N5O/c1-10-6-8-11-12-13-14(8)7-9(15-2)4-3-5-9/h10H,3-7H2,1-2H3. The van der Waals surface area contributed by atoms with E-state index in [0.29, 0.717) is 6.54 Å². The largest absolute Gasteiger partial charge is 0.376 e. The van der Waals surface area contributed by atoms with E-state index in [1.54, 1.807) is 7.11 Å². The molecule has 0 atom stereocenters. The van der Waals surface area contributed by atoms with Crippen molar-refractivity contribution in [3.8, 4) is 0 Å². The zero-order valence-electron chi connectivity index (χ0n) is 9.23. The molecule has 0 radical (unpaired) electrons. The first-order valence-corrected chi connectivity index (χ1v) is 5.24. The van der Waals surface area contributed by atoms with Crippen LogP contribution in [0.3, 0.4) is 0 Å². The van der Waals surface area contributed by atoms with Crippen LogP contribution in [0.25, 0.3) is 0 Å². The molecule has 1 saturated carbocycles. The molecular weight excluding hydrogens is 194 g/mol. The number of hydrogen-bond donors (Lipinski definition) is 1. The molecule has 84 valence electrons. The molecule has 0 aliphatic heterocycles. The predicted molar refractivity (Wildman–Crippen MR) is 54.2 cm³/mol. The van der Waals surface area contributed by atoms with Crippen LogP contribution in [-0.4, -0.2) is 40.0 Å². The van der Waals surface area contributed by atoms with Crippen LogP contribution >= 0.6 is 0 Å². The van der Waals surface area contributed by atoms with Gasteiger partial charge in [0.25, 0.3) is 0 Å². The molecule has 1 N–H and O–H groups in total. The Labute approximate surface area is 89.0 Å². The van der Waals surface area contributed by atoms with Crippen LogP contribution in [0.2, 0.25) is 0 Å². The first-order chi connectivity index (χ1) is 7.29. The number of ether oxygens (including phenoxy) is 1. The number of hydrogen-bond acceptors (Lipinski definition) is 5. The van der Waals surface area contributed by atoms with Crippen molar-refractivity contribution >= 4 is 0 Å². The van der Waals surface area contributed by atoms with Crippen LogP contribution in [0.1, 0.15) is 25.1 Å². The summed E-state index contributed by atoms with van der Waals surface area (Å²) in [4.78, 5) is 0. The Morgan fingerprint density at radius 3 is 2.87 bits per heavy atom. The second kappa shape index (κ2) is 4.24. The Bertz CT molecular complexity index is 315. The molecule has 1 heterocycles. The minimum absolute atomic E-state index is 0.0299. The van der Waals surface area contributed by atoms with E-state index in [1.807, 2.05) is 11.7 Å². The van der Waals surface area contributed by atoms with Gasteiger partial charge < -0.3 is 10.1 Å². The number of aromatic nitrogens is 4. The fourth-order valence-corrected chi connectivity index (χ4v) is 1.90. The van der Waals surface area contributed by atoms with Gasteiger partial charge in [0.05, 0.1) is 18.7 Å². The lowest BCUT2D eigenvalue weighted by Gasteiger charge is -2.40. The van der Waals surface area contributed by atoms with Crippen molar-refractivity contribution in [1.29, 1.82) is 0 Å². The summed E-state index contributed by atoms with van der Waals surface area (Å²) in [7, 11) is 3.65. The van der Waals surface area contributed by atoms with Gasteiger partial charge in [-0.05, 0) is 36.7 Å². The van der Waals surface area contributed by atoms with Gasteiger partial charge in [0.1, 0.15) is 0 Å². The maximum absolute atomic E-state index is 5.54. The Hall–Kier alpha value is -1.01. The fourth-order valence-electron chi connectivity index (χ4n) is 1.90. The Morgan fingerprint density at radius 1 is 1.53 bits per heavy atom. The molecule has 1 aromatic heterocycles. The van der Waals surface area contributed by atoms with Gasteiger partial charge in [-0.25, -0.2) is 4.68 Å². The highest BCUT2D eigenvalue weighted by Gasteiger charge is 2.38. The molecule has 1 aliphatic rings. The average Bonchev–Trinajstić information content (AvgIpc) is 2.60. The molecular formula is C9H17N5O. The lowest BCUT2D eigenvalue weighted by molar-refractivity contribution is -0.0863. The maximum atomic E-state index is 5.54. The van der Waals surface area contributed by atoms with Gasteiger partial charge in [-0.1, -0.05) is 0 Å². The molecule has 1 fully saturated rings. The molecule has 6 nitrogen and oxygen atoms in total. The van der Waals surface area contributed by atoms with E-state index in [2.05, 4.69) is 20.8 Å². The van der Waals surface area contributed by atoms with Crippen LogP contribution in [0.4, 0.5) is 0 Å². The summed E-state index contributed by atoms with van der Waals surface area (Å²) in [5, 5.41) is 14.7. The quantitative estimate of drug-likeness (QED) is 0.740. The first kappa shape index (κ1) is 10.5. The monoisotopic (exact) mass is 211 g/mol. The third-order valence-corrected chi connectivity index (χ3v) is 3.08. The lowest BCUT2D eigenvalue weighted by Crippen LogP contribution is -2.44. The van der Waals surface area contributed by atoms with Crippen molar-refractivity contribution < 1.29 is 4.74 Å². The Morgan fingerprint density at radius 2 is 2.33 bits per heavy atom. The summed E-state index contributed by atoms with van der Waals surface area (Å²) >= 11 is 0. The number of tetrazole rings is 1. The molecule has 15 heavy (non-hydrogen) atoms. The van der Waals surface area contributed by atoms with E-state index < -0.39 is 0 Å². The highest BCUT2D eigenvalue weighted by Crippen LogP contribution is 2.36. The van der Waals surface area contributed by atoms with Gasteiger partial charge in [-0.2, -0.15) is 0 Å². The highest BCUT2D eigenvalue weighted by molar-refractivity contribution is 4.92. The fraction of sp³-hybridized carbons (Fsp3) is 0.889. The molecule has 0 bridgehead atoms. The van der Waals surface area contributed by atoms with E-state index >= 15 is 0 Å². The summed E-state index contributed by atoms with van der Waals surface area (Å²) in [6.07, 6.45) is 3.43. The average molecular weight is 211 g/mol. The Kier molecular flexibility index (Phi) is 2.97. The third kappa shape index (κ3) is 2.00. The second-order valence-electron chi connectivity index (χ2n) is 4.02. The summed E-state index contributed by atoms with van der Waals surface area (Å²) in [5.74, 6) is 0.862. The lowest BCUT2D eigenvalue weighted by atomic mass is 9.80. The highest BCUT2D eigenvalue weighted by atomic mass is 16.5. The van der Waals surface area contributed by atoms with Crippen LogP contribution in [0, 0.1) is 0 Å². The van der Waals surface area contributed by atoms with Crippen molar-refractivity contribution in [2.45, 2.75) is 38.0 Å². The van der Waals surface area contributed by atoms with Gasteiger partial charge in [-0.3, -0.25) is 0 Å². The van der Waals surface area contributed by atoms with E-state index in [1.165, 1.54) is 6.42 Å². The molecule has 0 aromatic carbocycles. The Balaban J connectivity index is 2.06. The van der Waals surface area contributed by atoms with Crippen molar-refractivity contribution in [3.63, 3.8) is 0 Å². The van der Waals surface area contributed by atoms with Crippen LogP contribution in [-0.2, 0) is 17.8 Å². The minimum Gasteiger partial charge on any atom is -0.376 e. The number of methoxy groups -OCH3 is 1. The van der Waals surface area contributed by atoms with Gasteiger partial charge in [0, 0.05) is 7.11 Å². The second-order valence-corrected chi connectivity index (χ2v) is 4.02. The zero-order chi connectivity index (χ0) is 10.7. The van der Waals surface area contributed by atoms with Gasteiger partial charge in [0.15, 0.2) is 5.82 Å². The smallest absolute Gasteiger partial charge is 0.165 e. The molecule has 1 aromatic rings. The topological polar surface area (TPSA) is 64.9 Å². The van der Waals surface area contributed by atoms with Crippen LogP contribution < -0.4 is 5.32 Å². The minimum atomic E-state index is -0.0299. The van der Waals surface area contributed by atoms with Crippen molar-refractivity contribution in [2.24, 2.45) is 0 Å². The summed E-state index contributed by atoms with van der Waals surface area (Å²) in [6, 6.07) is 0. The molecule has 2 rings (SSSR count). The van der Waals surface area contributed by atoms with E-state index in [0.717, 1.165) is 25.2 Å². The van der Waals surface area contributed by atoms with Crippen molar-refractivity contribution in [3.05, 3.63) is 5.82 Å². The number of nitrogens with zero attached hydrogens (tertiary/aromatic N) is 4. The molecule has 0 amide bonds. The number of rotatable bonds is 5. The molecule has 1 aliphatic carbocycles. The van der Waals surface area contributed by atoms with Crippen molar-refractivity contribution in [1.82, 2.24) is 25.5 Å². The maximum Gasteiger partial charge on any atom is 0.165 e. The van der Waals surface area contributed by atoms with E-state index in [9.17, 15) is 0 Å². The van der Waals surface area contributed by atoms with Gasteiger partial charge in [0.2, 0.25) is 0 Å². The van der Waals surface area contributed by atoms with Crippen molar-refractivity contribution in [2.75, 3.05) is 14.2 Å². The van der Waals surface area contributed by atoms with Crippen LogP contribution in [0.5, 0.6) is 0 Å². The van der Waals surface area contributed by atoms with Gasteiger partial charge in [-0.15, -0.1) is 5.10 Å². The summed E-state index contributed by atoms with van der Waals surface area (Å²) < 4.78 is 7.38. The third-order valence-electron chi connectivity index (χ3n) is 3.08. The van der Waals surface area contributed by atoms with Crippen LogP contribution in [0.15, 0.2) is 0 Å². The molecule has 6 heteroatoms. The predicted octanol–water partition coefficient (Wildman–Crippen LogP) is -0.0384. The molecule has 0 unspecified atom stereocenters. The molecule has 0 spiro atoms. The number of nitrogens with one attached hydrogen (secondary N) is 1. The first-order valence-electron chi connectivity index (χ1n) is 5.24. The SMILES string of the molecule is CNCc1nnnn1CC1(OC)CCC1. The summed E-state index contributed by atoms with van der Waals surface area (Å²) in [6.45, 7) is 1.44. The van der Waals surface area contributed by atoms with Gasteiger partial charge >= 0.3 is 0 Å². The van der Waals surface area contributed by atoms with E-state index in [4.69, 9.17) is 4.74 Å². The summed E-state index contributed by atoms with van der Waals surface area (Å²) in [5.41, 5.74) is -0.0299. The molecule has 0 saturated heterocycles. The zero-order valence-corrected chi connectivity index (χ0v) is 9.23. The normalized spacial score (nSPS) is 18.8. The van der Waals surface area contributed by atoms with E-state index in [-0.39, 0.29) is 5.60 Å².